The largest absolute Gasteiger partial charge is 0.394 e. The maximum absolute atomic E-state index is 9.52. The normalized spacial score (nSPS) is 46.4. The Kier molecular flexibility index (Phi) is 3.60. The van der Waals surface area contributed by atoms with Crippen molar-refractivity contribution in [2.24, 2.45) is 5.73 Å². The van der Waals surface area contributed by atoms with Gasteiger partial charge in [-0.25, -0.2) is 0 Å². The second kappa shape index (κ2) is 4.32. The maximum Gasteiger partial charge on any atom is 0.173 e. The van der Waals surface area contributed by atoms with Crippen LogP contribution >= 0.6 is 0 Å². The Morgan fingerprint density at radius 3 is 2.54 bits per heavy atom. The van der Waals surface area contributed by atoms with Crippen LogP contribution in [0.1, 0.15) is 0 Å². The van der Waals surface area contributed by atoms with Gasteiger partial charge in [0.1, 0.15) is 18.3 Å². The van der Waals surface area contributed by atoms with Crippen molar-refractivity contribution in [2.75, 3.05) is 13.7 Å². The summed E-state index contributed by atoms with van der Waals surface area (Å²) in [5.41, 5.74) is 5.50. The van der Waals surface area contributed by atoms with E-state index in [-0.39, 0.29) is 6.61 Å². The molecule has 0 radical (unpaired) electrons. The predicted molar refractivity (Wildman–Crippen MR) is 42.7 cm³/mol. The highest BCUT2D eigenvalue weighted by molar-refractivity contribution is 4.91. The lowest BCUT2D eigenvalue weighted by atomic mass is 9.98. The van der Waals surface area contributed by atoms with Crippen LogP contribution in [0.25, 0.3) is 0 Å². The van der Waals surface area contributed by atoms with Crippen LogP contribution in [-0.4, -0.2) is 59.7 Å². The fraction of sp³-hybridized carbons (Fsp3) is 1.00. The molecule has 78 valence electrons. The van der Waals surface area contributed by atoms with Crippen LogP contribution in [0.2, 0.25) is 0 Å². The number of hydrogen-bond acceptors (Lipinski definition) is 6. The highest BCUT2D eigenvalue weighted by Gasteiger charge is 2.42. The minimum atomic E-state index is -1.22. The molecule has 1 rings (SSSR count). The van der Waals surface area contributed by atoms with Gasteiger partial charge >= 0.3 is 0 Å². The van der Waals surface area contributed by atoms with E-state index < -0.39 is 30.6 Å². The second-order valence-corrected chi connectivity index (χ2v) is 3.02. The lowest BCUT2D eigenvalue weighted by molar-refractivity contribution is -0.253. The van der Waals surface area contributed by atoms with E-state index in [9.17, 15) is 10.2 Å². The number of rotatable bonds is 2. The van der Waals surface area contributed by atoms with Gasteiger partial charge in [0.25, 0.3) is 0 Å². The quantitative estimate of drug-likeness (QED) is 0.383. The molecule has 6 heteroatoms. The first-order chi connectivity index (χ1) is 6.11. The van der Waals surface area contributed by atoms with E-state index in [0.717, 1.165) is 0 Å². The Morgan fingerprint density at radius 2 is 2.08 bits per heavy atom. The summed E-state index contributed by atoms with van der Waals surface area (Å²) in [4.78, 5) is 0. The molecule has 0 spiro atoms. The monoisotopic (exact) mass is 193 g/mol. The molecule has 0 bridgehead atoms. The van der Waals surface area contributed by atoms with E-state index in [1.807, 2.05) is 0 Å². The third kappa shape index (κ3) is 1.98. The Bertz CT molecular complexity index is 167. The molecular formula is C7H15NO5. The van der Waals surface area contributed by atoms with Gasteiger partial charge in [0.2, 0.25) is 0 Å². The lowest BCUT2D eigenvalue weighted by Gasteiger charge is -2.39. The minimum absolute atomic E-state index is 0.384. The molecule has 1 aliphatic heterocycles. The molecule has 0 aromatic rings. The van der Waals surface area contributed by atoms with Crippen molar-refractivity contribution in [3.05, 3.63) is 0 Å². The summed E-state index contributed by atoms with van der Waals surface area (Å²) < 4.78 is 9.73. The van der Waals surface area contributed by atoms with E-state index in [4.69, 9.17) is 20.3 Å². The third-order valence-corrected chi connectivity index (χ3v) is 2.19. The second-order valence-electron chi connectivity index (χ2n) is 3.02. The average molecular weight is 193 g/mol. The predicted octanol–water partition coefficient (Wildman–Crippen LogP) is -2.60. The topological polar surface area (TPSA) is 105 Å². The maximum atomic E-state index is 9.52. The molecule has 13 heavy (non-hydrogen) atoms. The zero-order valence-corrected chi connectivity index (χ0v) is 7.33. The summed E-state index contributed by atoms with van der Waals surface area (Å²) in [6.45, 7) is -0.384. The van der Waals surface area contributed by atoms with E-state index in [1.54, 1.807) is 0 Å². The first kappa shape index (κ1) is 10.8. The summed E-state index contributed by atoms with van der Waals surface area (Å²) >= 11 is 0. The molecule has 5 N–H and O–H groups in total. The van der Waals surface area contributed by atoms with Gasteiger partial charge in [-0.15, -0.1) is 0 Å². The highest BCUT2D eigenvalue weighted by Crippen LogP contribution is 2.20. The van der Waals surface area contributed by atoms with Crippen LogP contribution in [0.5, 0.6) is 0 Å². The minimum Gasteiger partial charge on any atom is -0.394 e. The third-order valence-electron chi connectivity index (χ3n) is 2.19. The molecule has 1 saturated heterocycles. The van der Waals surface area contributed by atoms with Crippen LogP contribution in [-0.2, 0) is 9.47 Å². The van der Waals surface area contributed by atoms with Gasteiger partial charge in [0.05, 0.1) is 12.6 Å². The Labute approximate surface area is 75.9 Å². The van der Waals surface area contributed by atoms with Crippen LogP contribution in [0.3, 0.4) is 0 Å². The smallest absolute Gasteiger partial charge is 0.173 e. The summed E-state index contributed by atoms with van der Waals surface area (Å²) in [5.74, 6) is 0. The summed E-state index contributed by atoms with van der Waals surface area (Å²) in [6.07, 6.45) is -3.81. The van der Waals surface area contributed by atoms with Crippen LogP contribution < -0.4 is 5.73 Å². The van der Waals surface area contributed by atoms with E-state index >= 15 is 0 Å². The molecule has 0 amide bonds. The molecular weight excluding hydrogens is 178 g/mol. The molecule has 0 aliphatic carbocycles. The van der Waals surface area contributed by atoms with E-state index in [2.05, 4.69) is 0 Å². The number of ether oxygens (including phenoxy) is 2. The number of hydrogen-bond donors (Lipinski definition) is 4. The fourth-order valence-corrected chi connectivity index (χ4v) is 1.40. The molecule has 0 saturated carbocycles. The fourth-order valence-electron chi connectivity index (χ4n) is 1.40. The molecule has 1 fully saturated rings. The average Bonchev–Trinajstić information content (AvgIpc) is 2.12. The molecule has 0 aromatic carbocycles. The van der Waals surface area contributed by atoms with Crippen molar-refractivity contribution in [3.8, 4) is 0 Å². The zero-order chi connectivity index (χ0) is 10.0. The Balaban J connectivity index is 2.69. The Morgan fingerprint density at radius 1 is 1.46 bits per heavy atom. The molecule has 1 unspecified atom stereocenters. The van der Waals surface area contributed by atoms with E-state index in [1.165, 1.54) is 7.11 Å². The summed E-state index contributed by atoms with van der Waals surface area (Å²) in [5, 5.41) is 27.6. The summed E-state index contributed by atoms with van der Waals surface area (Å²) in [7, 11) is 1.38. The van der Waals surface area contributed by atoms with Crippen molar-refractivity contribution >= 4 is 0 Å². The van der Waals surface area contributed by atoms with Gasteiger partial charge in [0.15, 0.2) is 6.29 Å². The molecule has 1 aliphatic rings. The highest BCUT2D eigenvalue weighted by atomic mass is 16.6. The zero-order valence-electron chi connectivity index (χ0n) is 7.33. The van der Waals surface area contributed by atoms with Gasteiger partial charge in [0, 0.05) is 7.11 Å². The van der Waals surface area contributed by atoms with Gasteiger partial charge in [-0.05, 0) is 0 Å². The number of aliphatic hydroxyl groups excluding tert-OH is 3. The first-order valence-electron chi connectivity index (χ1n) is 4.02. The number of nitrogens with two attached hydrogens (primary N) is 1. The Hall–Kier alpha value is -0.240. The molecule has 6 nitrogen and oxygen atoms in total. The molecule has 0 aromatic heterocycles. The standard InChI is InChI=1S/C7H15NO5/c1-12-6-4(8)7(11)13-3(2-9)5(6)10/h3-7,9-11H,2,8H2,1H3/t3-,4+,5-,6-,7?/m1/s1. The first-order valence-corrected chi connectivity index (χ1v) is 4.02. The van der Waals surface area contributed by atoms with Crippen molar-refractivity contribution < 1.29 is 24.8 Å². The van der Waals surface area contributed by atoms with Crippen molar-refractivity contribution in [2.45, 2.75) is 30.6 Å². The van der Waals surface area contributed by atoms with Crippen LogP contribution in [0.15, 0.2) is 0 Å². The van der Waals surface area contributed by atoms with Crippen molar-refractivity contribution in [1.29, 1.82) is 0 Å². The van der Waals surface area contributed by atoms with Crippen LogP contribution in [0, 0.1) is 0 Å². The summed E-state index contributed by atoms with van der Waals surface area (Å²) in [6, 6.07) is -0.803. The van der Waals surface area contributed by atoms with Gasteiger partial charge in [-0.1, -0.05) is 0 Å². The van der Waals surface area contributed by atoms with E-state index in [0.29, 0.717) is 0 Å². The van der Waals surface area contributed by atoms with Gasteiger partial charge in [-0.3, -0.25) is 0 Å². The molecule has 1 heterocycles. The van der Waals surface area contributed by atoms with Crippen molar-refractivity contribution in [1.82, 2.24) is 0 Å². The van der Waals surface area contributed by atoms with Crippen LogP contribution in [0.4, 0.5) is 0 Å². The number of aliphatic hydroxyl groups is 3. The lowest BCUT2D eigenvalue weighted by Crippen LogP contribution is -2.62. The van der Waals surface area contributed by atoms with Crippen molar-refractivity contribution in [3.63, 3.8) is 0 Å². The van der Waals surface area contributed by atoms with Gasteiger partial charge in [-0.2, -0.15) is 0 Å². The SMILES string of the molecule is CO[C@H]1[C@H](O)[C@@H](CO)OC(O)[C@H]1N. The van der Waals surface area contributed by atoms with Gasteiger partial charge < -0.3 is 30.5 Å². The molecule has 5 atom stereocenters. The number of methoxy groups -OCH3 is 1.